The van der Waals surface area contributed by atoms with Gasteiger partial charge in [-0.05, 0) is 32.0 Å². The van der Waals surface area contributed by atoms with E-state index in [4.69, 9.17) is 4.74 Å². The van der Waals surface area contributed by atoms with Crippen LogP contribution in [0.4, 0.5) is 4.39 Å². The number of carbonyl (C=O) groups is 3. The first kappa shape index (κ1) is 16.6. The van der Waals surface area contributed by atoms with Gasteiger partial charge in [-0.25, -0.2) is 9.18 Å². The molecule has 21 heavy (non-hydrogen) atoms. The molecule has 1 aromatic rings. The van der Waals surface area contributed by atoms with E-state index in [-0.39, 0.29) is 18.7 Å². The third-order valence-corrected chi connectivity index (χ3v) is 2.51. The fourth-order valence-electron chi connectivity index (χ4n) is 1.51. The zero-order valence-electron chi connectivity index (χ0n) is 11.8. The first-order valence-electron chi connectivity index (χ1n) is 6.43. The third kappa shape index (κ3) is 5.60. The minimum Gasteiger partial charge on any atom is -0.464 e. The Morgan fingerprint density at radius 3 is 2.67 bits per heavy atom. The van der Waals surface area contributed by atoms with Crippen molar-refractivity contribution in [3.05, 3.63) is 35.6 Å². The molecule has 0 aliphatic heterocycles. The van der Waals surface area contributed by atoms with Crippen molar-refractivity contribution in [2.75, 3.05) is 13.2 Å². The summed E-state index contributed by atoms with van der Waals surface area (Å²) in [6.45, 7) is 3.03. The molecule has 2 amide bonds. The van der Waals surface area contributed by atoms with Crippen molar-refractivity contribution in [2.24, 2.45) is 0 Å². The molecule has 0 spiro atoms. The molecule has 0 aromatic heterocycles. The second-order valence-electron chi connectivity index (χ2n) is 4.23. The molecule has 0 saturated carbocycles. The second-order valence-corrected chi connectivity index (χ2v) is 4.23. The van der Waals surface area contributed by atoms with E-state index in [9.17, 15) is 18.8 Å². The summed E-state index contributed by atoms with van der Waals surface area (Å²) in [5, 5.41) is 4.71. The van der Waals surface area contributed by atoms with Crippen LogP contribution in [0.2, 0.25) is 0 Å². The Labute approximate surface area is 121 Å². The molecule has 1 aromatic carbocycles. The average molecular weight is 296 g/mol. The zero-order valence-corrected chi connectivity index (χ0v) is 11.8. The van der Waals surface area contributed by atoms with Crippen LogP contribution in [0.1, 0.15) is 24.2 Å². The van der Waals surface area contributed by atoms with Gasteiger partial charge in [0.05, 0.1) is 13.2 Å². The van der Waals surface area contributed by atoms with Gasteiger partial charge in [0, 0.05) is 5.56 Å². The number of nitrogens with one attached hydrogen (secondary N) is 2. The highest BCUT2D eigenvalue weighted by molar-refractivity contribution is 5.96. The lowest BCUT2D eigenvalue weighted by atomic mass is 10.2. The summed E-state index contributed by atoms with van der Waals surface area (Å²) in [5.74, 6) is -2.21. The van der Waals surface area contributed by atoms with Gasteiger partial charge in [-0.1, -0.05) is 6.07 Å². The van der Waals surface area contributed by atoms with Crippen molar-refractivity contribution in [3.8, 4) is 0 Å². The van der Waals surface area contributed by atoms with Gasteiger partial charge in [0.1, 0.15) is 11.9 Å². The molecule has 1 rings (SSSR count). The van der Waals surface area contributed by atoms with Gasteiger partial charge in [0.15, 0.2) is 0 Å². The van der Waals surface area contributed by atoms with Gasteiger partial charge < -0.3 is 15.4 Å². The lowest BCUT2D eigenvalue weighted by Gasteiger charge is -2.12. The number of hydrogen-bond donors (Lipinski definition) is 2. The molecule has 2 N–H and O–H groups in total. The predicted molar refractivity (Wildman–Crippen MR) is 73.0 cm³/mol. The van der Waals surface area contributed by atoms with Crippen LogP contribution in [-0.2, 0) is 14.3 Å². The van der Waals surface area contributed by atoms with E-state index in [0.29, 0.717) is 0 Å². The maximum Gasteiger partial charge on any atom is 0.328 e. The second kappa shape index (κ2) is 7.98. The molecule has 0 radical (unpaired) electrons. The molecule has 0 aliphatic rings. The summed E-state index contributed by atoms with van der Waals surface area (Å²) in [7, 11) is 0. The lowest BCUT2D eigenvalue weighted by molar-refractivity contribution is -0.146. The molecule has 0 bridgehead atoms. The predicted octanol–water partition coefficient (Wildman–Crippen LogP) is 0.623. The van der Waals surface area contributed by atoms with Gasteiger partial charge in [-0.2, -0.15) is 0 Å². The molecule has 1 unspecified atom stereocenters. The molecule has 0 heterocycles. The van der Waals surface area contributed by atoms with Gasteiger partial charge >= 0.3 is 5.97 Å². The largest absolute Gasteiger partial charge is 0.464 e. The van der Waals surface area contributed by atoms with Crippen LogP contribution >= 0.6 is 0 Å². The average Bonchev–Trinajstić information content (AvgIpc) is 2.45. The molecule has 1 atom stereocenters. The van der Waals surface area contributed by atoms with E-state index < -0.39 is 29.6 Å². The Bertz CT molecular complexity index is 533. The summed E-state index contributed by atoms with van der Waals surface area (Å²) in [5.41, 5.74) is 0.112. The molecule has 0 saturated heterocycles. The summed E-state index contributed by atoms with van der Waals surface area (Å²) in [4.78, 5) is 34.5. The van der Waals surface area contributed by atoms with Crippen LogP contribution in [0.15, 0.2) is 24.3 Å². The van der Waals surface area contributed by atoms with Crippen LogP contribution < -0.4 is 10.6 Å². The Kier molecular flexibility index (Phi) is 6.32. The fraction of sp³-hybridized carbons (Fsp3) is 0.357. The monoisotopic (exact) mass is 296 g/mol. The van der Waals surface area contributed by atoms with E-state index in [2.05, 4.69) is 10.6 Å². The number of esters is 1. The minimum atomic E-state index is -0.802. The highest BCUT2D eigenvalue weighted by atomic mass is 19.1. The van der Waals surface area contributed by atoms with Crippen molar-refractivity contribution in [1.82, 2.24) is 10.6 Å². The minimum absolute atomic E-state index is 0.112. The Morgan fingerprint density at radius 2 is 2.05 bits per heavy atom. The molecule has 0 fully saturated rings. The van der Waals surface area contributed by atoms with Crippen molar-refractivity contribution in [1.29, 1.82) is 0 Å². The van der Waals surface area contributed by atoms with Crippen molar-refractivity contribution in [2.45, 2.75) is 19.9 Å². The normalized spacial score (nSPS) is 11.4. The summed E-state index contributed by atoms with van der Waals surface area (Å²) >= 11 is 0. The van der Waals surface area contributed by atoms with E-state index in [1.807, 2.05) is 0 Å². The topological polar surface area (TPSA) is 84.5 Å². The Balaban J connectivity index is 2.42. The summed E-state index contributed by atoms with van der Waals surface area (Å²) in [6, 6.07) is 4.30. The number of benzene rings is 1. The van der Waals surface area contributed by atoms with E-state index in [1.54, 1.807) is 6.92 Å². The number of carbonyl (C=O) groups excluding carboxylic acids is 3. The highest BCUT2D eigenvalue weighted by Crippen LogP contribution is 2.02. The molecule has 0 aliphatic carbocycles. The first-order valence-corrected chi connectivity index (χ1v) is 6.43. The number of ether oxygens (including phenoxy) is 1. The molecule has 114 valence electrons. The number of amides is 2. The first-order chi connectivity index (χ1) is 9.93. The van der Waals surface area contributed by atoms with Crippen molar-refractivity contribution in [3.63, 3.8) is 0 Å². The lowest BCUT2D eigenvalue weighted by Crippen LogP contribution is -2.44. The van der Waals surface area contributed by atoms with Crippen LogP contribution in [0.25, 0.3) is 0 Å². The van der Waals surface area contributed by atoms with Crippen LogP contribution in [-0.4, -0.2) is 37.0 Å². The third-order valence-electron chi connectivity index (χ3n) is 2.51. The van der Waals surface area contributed by atoms with Gasteiger partial charge in [0.25, 0.3) is 5.91 Å². The smallest absolute Gasteiger partial charge is 0.328 e. The molecular weight excluding hydrogens is 279 g/mol. The Hall–Kier alpha value is -2.44. The fourth-order valence-corrected chi connectivity index (χ4v) is 1.51. The quantitative estimate of drug-likeness (QED) is 0.754. The number of hydrogen-bond acceptors (Lipinski definition) is 4. The van der Waals surface area contributed by atoms with Crippen LogP contribution in [0.3, 0.4) is 0 Å². The standard InChI is InChI=1S/C14H17FN2O4/c1-3-21-14(20)9(2)17-12(18)8-16-13(19)10-5-4-6-11(15)7-10/h4-7,9H,3,8H2,1-2H3,(H,16,19)(H,17,18). The van der Waals surface area contributed by atoms with Crippen molar-refractivity contribution >= 4 is 17.8 Å². The highest BCUT2D eigenvalue weighted by Gasteiger charge is 2.17. The molecular formula is C14H17FN2O4. The maximum atomic E-state index is 12.9. The van der Waals surface area contributed by atoms with Crippen molar-refractivity contribution < 1.29 is 23.5 Å². The zero-order chi connectivity index (χ0) is 15.8. The molecule has 7 heteroatoms. The van der Waals surface area contributed by atoms with Crippen LogP contribution in [0, 0.1) is 5.82 Å². The Morgan fingerprint density at radius 1 is 1.33 bits per heavy atom. The van der Waals surface area contributed by atoms with E-state index >= 15 is 0 Å². The van der Waals surface area contributed by atoms with E-state index in [1.165, 1.54) is 25.1 Å². The van der Waals surface area contributed by atoms with Gasteiger partial charge in [-0.15, -0.1) is 0 Å². The number of halogens is 1. The van der Waals surface area contributed by atoms with Crippen LogP contribution in [0.5, 0.6) is 0 Å². The molecule has 6 nitrogen and oxygen atoms in total. The summed E-state index contributed by atoms with van der Waals surface area (Å²) < 4.78 is 17.7. The van der Waals surface area contributed by atoms with Gasteiger partial charge in [-0.3, -0.25) is 9.59 Å². The SMILES string of the molecule is CCOC(=O)C(C)NC(=O)CNC(=O)c1cccc(F)c1. The number of rotatable bonds is 6. The van der Waals surface area contributed by atoms with Gasteiger partial charge in [0.2, 0.25) is 5.91 Å². The maximum absolute atomic E-state index is 12.9. The summed E-state index contributed by atoms with van der Waals surface area (Å²) in [6.07, 6.45) is 0. The van der Waals surface area contributed by atoms with E-state index in [0.717, 1.165) is 6.07 Å².